The molecule has 2 heterocycles. The van der Waals surface area contributed by atoms with E-state index in [0.717, 1.165) is 25.8 Å². The molecule has 1 aromatic heterocycles. The average Bonchev–Trinajstić information content (AvgIpc) is 3.11. The molecule has 3 rings (SSSR count). The van der Waals surface area contributed by atoms with Gasteiger partial charge >= 0.3 is 0 Å². The maximum absolute atomic E-state index is 12.3. The van der Waals surface area contributed by atoms with Crippen LogP contribution >= 0.6 is 0 Å². The van der Waals surface area contributed by atoms with Crippen LogP contribution in [0.25, 0.3) is 0 Å². The fourth-order valence-electron chi connectivity index (χ4n) is 2.74. The summed E-state index contributed by atoms with van der Waals surface area (Å²) in [5.41, 5.74) is 1.28. The highest BCUT2D eigenvalue weighted by atomic mass is 16.2. The molecular weight excluding hydrogens is 254 g/mol. The van der Waals surface area contributed by atoms with E-state index in [2.05, 4.69) is 27.7 Å². The molecule has 0 N–H and O–H groups in total. The number of amides is 1. The van der Waals surface area contributed by atoms with Gasteiger partial charge in [0.15, 0.2) is 0 Å². The Kier molecular flexibility index (Phi) is 3.71. The van der Waals surface area contributed by atoms with Crippen molar-refractivity contribution in [3.63, 3.8) is 0 Å². The van der Waals surface area contributed by atoms with E-state index in [1.54, 1.807) is 0 Å². The van der Waals surface area contributed by atoms with E-state index in [9.17, 15) is 4.79 Å². The van der Waals surface area contributed by atoms with Gasteiger partial charge in [-0.3, -0.25) is 4.79 Å². The van der Waals surface area contributed by atoms with Crippen LogP contribution in [0.1, 0.15) is 18.4 Å². The van der Waals surface area contributed by atoms with E-state index in [1.165, 1.54) is 16.6 Å². The van der Waals surface area contributed by atoms with Gasteiger partial charge in [0.1, 0.15) is 12.9 Å². The lowest BCUT2D eigenvalue weighted by atomic mass is 10.0. The second kappa shape index (κ2) is 5.81. The molecule has 1 unspecified atom stereocenters. The lowest BCUT2D eigenvalue weighted by Gasteiger charge is -2.24. The predicted molar refractivity (Wildman–Crippen MR) is 72.7 cm³/mol. The molecule has 2 aromatic rings. The molecule has 1 amide bonds. The van der Waals surface area contributed by atoms with Crippen LogP contribution in [0.5, 0.6) is 0 Å². The van der Waals surface area contributed by atoms with Crippen molar-refractivity contribution >= 4 is 5.91 Å². The van der Waals surface area contributed by atoms with E-state index in [-0.39, 0.29) is 12.5 Å². The predicted octanol–water partition coefficient (Wildman–Crippen LogP) is 0.907. The van der Waals surface area contributed by atoms with Gasteiger partial charge in [0.2, 0.25) is 5.91 Å². The summed E-state index contributed by atoms with van der Waals surface area (Å²) in [7, 11) is 0. The van der Waals surface area contributed by atoms with Crippen molar-refractivity contribution in [2.45, 2.75) is 31.8 Å². The van der Waals surface area contributed by atoms with Crippen LogP contribution < -0.4 is 0 Å². The molecule has 1 saturated heterocycles. The standard InChI is InChI=1S/C14H17N5O/c20-14(10-18-11-15-16-17-18)19-8-4-7-13(19)9-12-5-2-1-3-6-12/h1-3,5-6,11,13H,4,7-10H2. The summed E-state index contributed by atoms with van der Waals surface area (Å²) in [4.78, 5) is 14.3. The highest BCUT2D eigenvalue weighted by Gasteiger charge is 2.28. The fourth-order valence-corrected chi connectivity index (χ4v) is 2.74. The number of hydrogen-bond donors (Lipinski definition) is 0. The zero-order valence-corrected chi connectivity index (χ0v) is 11.2. The second-order valence-electron chi connectivity index (χ2n) is 5.08. The first kappa shape index (κ1) is 12.8. The van der Waals surface area contributed by atoms with Gasteiger partial charge in [-0.1, -0.05) is 30.3 Å². The van der Waals surface area contributed by atoms with Crippen molar-refractivity contribution in [1.82, 2.24) is 25.1 Å². The zero-order valence-electron chi connectivity index (χ0n) is 11.2. The molecule has 1 aliphatic heterocycles. The van der Waals surface area contributed by atoms with Crippen LogP contribution in [0, 0.1) is 0 Å². The smallest absolute Gasteiger partial charge is 0.244 e. The number of carbonyl (C=O) groups is 1. The van der Waals surface area contributed by atoms with Gasteiger partial charge in [-0.2, -0.15) is 0 Å². The third kappa shape index (κ3) is 2.84. The molecule has 1 aromatic carbocycles. The van der Waals surface area contributed by atoms with E-state index in [4.69, 9.17) is 0 Å². The first-order valence-corrected chi connectivity index (χ1v) is 6.87. The number of benzene rings is 1. The Labute approximate surface area is 117 Å². The van der Waals surface area contributed by atoms with Crippen molar-refractivity contribution in [3.05, 3.63) is 42.2 Å². The van der Waals surface area contributed by atoms with Crippen molar-refractivity contribution in [2.24, 2.45) is 0 Å². The van der Waals surface area contributed by atoms with E-state index >= 15 is 0 Å². The van der Waals surface area contributed by atoms with Crippen LogP contribution in [0.3, 0.4) is 0 Å². The number of likely N-dealkylation sites (tertiary alicyclic amines) is 1. The molecule has 6 heteroatoms. The van der Waals surface area contributed by atoms with E-state index in [1.807, 2.05) is 23.1 Å². The summed E-state index contributed by atoms with van der Waals surface area (Å²) >= 11 is 0. The first-order chi connectivity index (χ1) is 9.83. The van der Waals surface area contributed by atoms with Crippen LogP contribution in [0.4, 0.5) is 0 Å². The van der Waals surface area contributed by atoms with Gasteiger partial charge in [0.25, 0.3) is 0 Å². The third-order valence-corrected chi connectivity index (χ3v) is 3.70. The highest BCUT2D eigenvalue weighted by Crippen LogP contribution is 2.21. The Bertz CT molecular complexity index is 554. The summed E-state index contributed by atoms with van der Waals surface area (Å²) in [6, 6.07) is 10.6. The molecule has 1 aliphatic rings. The number of rotatable bonds is 4. The molecule has 0 saturated carbocycles. The Morgan fingerprint density at radius 3 is 2.90 bits per heavy atom. The summed E-state index contributed by atoms with van der Waals surface area (Å²) in [5, 5.41) is 10.8. The molecule has 1 atom stereocenters. The maximum Gasteiger partial charge on any atom is 0.244 e. The van der Waals surface area contributed by atoms with Crippen LogP contribution in [-0.4, -0.2) is 43.6 Å². The number of carbonyl (C=O) groups excluding carboxylic acids is 1. The molecule has 0 aliphatic carbocycles. The fraction of sp³-hybridized carbons (Fsp3) is 0.429. The van der Waals surface area contributed by atoms with E-state index in [0.29, 0.717) is 6.04 Å². The summed E-state index contributed by atoms with van der Waals surface area (Å²) in [6.45, 7) is 1.05. The van der Waals surface area contributed by atoms with Crippen LogP contribution in [-0.2, 0) is 17.8 Å². The van der Waals surface area contributed by atoms with Gasteiger partial charge in [0, 0.05) is 12.6 Å². The molecule has 6 nitrogen and oxygen atoms in total. The average molecular weight is 271 g/mol. The highest BCUT2D eigenvalue weighted by molar-refractivity contribution is 5.76. The Hall–Kier alpha value is -2.24. The molecule has 104 valence electrons. The largest absolute Gasteiger partial charge is 0.338 e. The monoisotopic (exact) mass is 271 g/mol. The van der Waals surface area contributed by atoms with Crippen molar-refractivity contribution < 1.29 is 4.79 Å². The molecule has 0 bridgehead atoms. The van der Waals surface area contributed by atoms with Gasteiger partial charge in [0.05, 0.1) is 0 Å². The van der Waals surface area contributed by atoms with Gasteiger partial charge in [-0.05, 0) is 35.3 Å². The SMILES string of the molecule is O=C(Cn1cnnn1)N1CCCC1Cc1ccccc1. The Balaban J connectivity index is 1.64. The number of tetrazole rings is 1. The lowest BCUT2D eigenvalue weighted by Crippen LogP contribution is -2.39. The summed E-state index contributed by atoms with van der Waals surface area (Å²) < 4.78 is 1.47. The Morgan fingerprint density at radius 1 is 1.30 bits per heavy atom. The van der Waals surface area contributed by atoms with Gasteiger partial charge in [-0.25, -0.2) is 4.68 Å². The molecule has 1 fully saturated rings. The minimum atomic E-state index is 0.0933. The van der Waals surface area contributed by atoms with Crippen LogP contribution in [0.15, 0.2) is 36.7 Å². The minimum Gasteiger partial charge on any atom is -0.338 e. The molecule has 0 spiro atoms. The first-order valence-electron chi connectivity index (χ1n) is 6.87. The van der Waals surface area contributed by atoms with E-state index < -0.39 is 0 Å². The number of nitrogens with zero attached hydrogens (tertiary/aromatic N) is 5. The summed E-state index contributed by atoms with van der Waals surface area (Å²) in [6.07, 6.45) is 4.53. The topological polar surface area (TPSA) is 63.9 Å². The normalized spacial score (nSPS) is 18.4. The zero-order chi connectivity index (χ0) is 13.8. The van der Waals surface area contributed by atoms with Gasteiger partial charge in [-0.15, -0.1) is 5.10 Å². The quantitative estimate of drug-likeness (QED) is 0.829. The lowest BCUT2D eigenvalue weighted by molar-refractivity contribution is -0.132. The number of hydrogen-bond acceptors (Lipinski definition) is 4. The Morgan fingerprint density at radius 2 is 2.15 bits per heavy atom. The number of aromatic nitrogens is 4. The van der Waals surface area contributed by atoms with Crippen molar-refractivity contribution in [3.8, 4) is 0 Å². The molecule has 20 heavy (non-hydrogen) atoms. The minimum absolute atomic E-state index is 0.0933. The molecular formula is C14H17N5O. The van der Waals surface area contributed by atoms with Crippen molar-refractivity contribution in [2.75, 3.05) is 6.54 Å². The third-order valence-electron chi connectivity index (χ3n) is 3.70. The van der Waals surface area contributed by atoms with Gasteiger partial charge < -0.3 is 4.90 Å². The molecule has 0 radical (unpaired) electrons. The maximum atomic E-state index is 12.3. The van der Waals surface area contributed by atoms with Crippen LogP contribution in [0.2, 0.25) is 0 Å². The summed E-state index contributed by atoms with van der Waals surface area (Å²) in [5.74, 6) is 0.0933. The van der Waals surface area contributed by atoms with Crippen molar-refractivity contribution in [1.29, 1.82) is 0 Å². The second-order valence-corrected chi connectivity index (χ2v) is 5.08.